The zero-order valence-electron chi connectivity index (χ0n) is 20.8. The summed E-state index contributed by atoms with van der Waals surface area (Å²) in [6.45, 7) is 7.21. The molecule has 8 nitrogen and oxygen atoms in total. The molecular weight excluding hydrogens is 432 g/mol. The number of fused-ring (bicyclic) bond motifs is 1. The molecule has 0 radical (unpaired) electrons. The van der Waals surface area contributed by atoms with E-state index in [2.05, 4.69) is 16.2 Å². The molecule has 0 bridgehead atoms. The minimum Gasteiger partial charge on any atom is -0.496 e. The molecule has 1 aliphatic heterocycles. The monoisotopic (exact) mass is 464 g/mol. The summed E-state index contributed by atoms with van der Waals surface area (Å²) in [5, 5.41) is 4.53. The minimum atomic E-state index is 0.138. The summed E-state index contributed by atoms with van der Waals surface area (Å²) in [5.41, 5.74) is 6.89. The zero-order chi connectivity index (χ0) is 24.4. The Bertz CT molecular complexity index is 1240. The van der Waals surface area contributed by atoms with Crippen LogP contribution in [0.4, 0.5) is 0 Å². The molecule has 0 saturated carbocycles. The second-order valence-corrected chi connectivity index (χ2v) is 8.54. The van der Waals surface area contributed by atoms with Gasteiger partial charge in [-0.25, -0.2) is 9.50 Å². The summed E-state index contributed by atoms with van der Waals surface area (Å²) >= 11 is 0. The summed E-state index contributed by atoms with van der Waals surface area (Å²) in [4.78, 5) is 19.6. The number of aromatic nitrogens is 3. The maximum Gasteiger partial charge on any atom is 0.223 e. The van der Waals surface area contributed by atoms with Gasteiger partial charge in [-0.15, -0.1) is 0 Å². The molecule has 34 heavy (non-hydrogen) atoms. The lowest BCUT2D eigenvalue weighted by Gasteiger charge is -2.28. The first kappa shape index (κ1) is 23.6. The Morgan fingerprint density at radius 2 is 1.74 bits per heavy atom. The minimum absolute atomic E-state index is 0.138. The van der Waals surface area contributed by atoms with Gasteiger partial charge in [-0.1, -0.05) is 6.08 Å². The maximum absolute atomic E-state index is 13.0. The molecule has 0 fully saturated rings. The van der Waals surface area contributed by atoms with Gasteiger partial charge in [0.1, 0.15) is 17.2 Å². The smallest absolute Gasteiger partial charge is 0.223 e. The zero-order valence-corrected chi connectivity index (χ0v) is 20.8. The standard InChI is InChI=1S/C26H32N4O4/c1-16-13-24-27-17(2)21(18(3)30(24)28-16)7-8-25(31)29-11-9-19(10-12-29)26-22(33-5)14-20(32-4)15-23(26)34-6/h9,13-15H,7-8,10-12H2,1-6H3. The largest absolute Gasteiger partial charge is 0.496 e. The van der Waals surface area contributed by atoms with Gasteiger partial charge in [0.15, 0.2) is 5.65 Å². The molecule has 3 heterocycles. The van der Waals surface area contributed by atoms with E-state index in [0.717, 1.165) is 45.8 Å². The van der Waals surface area contributed by atoms with Gasteiger partial charge in [0.2, 0.25) is 5.91 Å². The predicted molar refractivity (Wildman–Crippen MR) is 131 cm³/mol. The SMILES string of the molecule is COc1cc(OC)c(C2=CCN(C(=O)CCc3c(C)nc4cc(C)nn4c3C)CC2)c(OC)c1. The van der Waals surface area contributed by atoms with E-state index in [9.17, 15) is 4.79 Å². The first-order valence-electron chi connectivity index (χ1n) is 11.5. The van der Waals surface area contributed by atoms with Gasteiger partial charge in [0, 0.05) is 49.1 Å². The molecule has 1 aromatic carbocycles. The van der Waals surface area contributed by atoms with E-state index < -0.39 is 0 Å². The van der Waals surface area contributed by atoms with E-state index in [4.69, 9.17) is 14.2 Å². The fraction of sp³-hybridized carbons (Fsp3) is 0.423. The van der Waals surface area contributed by atoms with Gasteiger partial charge in [0.25, 0.3) is 0 Å². The number of methoxy groups -OCH3 is 3. The molecule has 1 aliphatic rings. The average molecular weight is 465 g/mol. The number of ether oxygens (including phenoxy) is 3. The Labute approximate surface area is 200 Å². The van der Waals surface area contributed by atoms with Crippen LogP contribution < -0.4 is 14.2 Å². The van der Waals surface area contributed by atoms with E-state index in [1.54, 1.807) is 21.3 Å². The van der Waals surface area contributed by atoms with Crippen molar-refractivity contribution >= 4 is 17.1 Å². The van der Waals surface area contributed by atoms with E-state index >= 15 is 0 Å². The molecule has 180 valence electrons. The average Bonchev–Trinajstić information content (AvgIpc) is 3.23. The highest BCUT2D eigenvalue weighted by Crippen LogP contribution is 2.40. The number of carbonyl (C=O) groups is 1. The van der Waals surface area contributed by atoms with Gasteiger partial charge < -0.3 is 19.1 Å². The topological polar surface area (TPSA) is 78.2 Å². The second kappa shape index (κ2) is 9.75. The van der Waals surface area contributed by atoms with Crippen LogP contribution in [0.5, 0.6) is 17.2 Å². The number of benzene rings is 1. The van der Waals surface area contributed by atoms with Crippen molar-refractivity contribution in [2.75, 3.05) is 34.4 Å². The van der Waals surface area contributed by atoms with Crippen LogP contribution >= 0.6 is 0 Å². The Morgan fingerprint density at radius 1 is 1.03 bits per heavy atom. The van der Waals surface area contributed by atoms with Gasteiger partial charge in [-0.2, -0.15) is 5.10 Å². The third-order valence-corrected chi connectivity index (χ3v) is 6.47. The predicted octanol–water partition coefficient (Wildman–Crippen LogP) is 3.93. The normalized spacial score (nSPS) is 13.7. The number of aryl methyl sites for hydroxylation is 3. The van der Waals surface area contributed by atoms with Gasteiger partial charge in [-0.05, 0) is 44.7 Å². The van der Waals surface area contributed by atoms with Gasteiger partial charge >= 0.3 is 0 Å². The molecule has 8 heteroatoms. The second-order valence-electron chi connectivity index (χ2n) is 8.54. The van der Waals surface area contributed by atoms with Crippen molar-refractivity contribution in [2.24, 2.45) is 0 Å². The summed E-state index contributed by atoms with van der Waals surface area (Å²) in [7, 11) is 4.89. The number of hydrogen-bond acceptors (Lipinski definition) is 6. The Balaban J connectivity index is 1.47. The first-order valence-corrected chi connectivity index (χ1v) is 11.5. The Hall–Kier alpha value is -3.55. The van der Waals surface area contributed by atoms with Crippen LogP contribution in [0.1, 0.15) is 41.1 Å². The van der Waals surface area contributed by atoms with Gasteiger partial charge in [0.05, 0.1) is 32.6 Å². The number of hydrogen-bond donors (Lipinski definition) is 0. The van der Waals surface area contributed by atoms with Crippen LogP contribution in [-0.4, -0.2) is 59.8 Å². The van der Waals surface area contributed by atoms with Crippen LogP contribution in [-0.2, 0) is 11.2 Å². The van der Waals surface area contributed by atoms with Crippen LogP contribution in [0.25, 0.3) is 11.2 Å². The fourth-order valence-electron chi connectivity index (χ4n) is 4.64. The summed E-state index contributed by atoms with van der Waals surface area (Å²) in [5.74, 6) is 2.21. The number of nitrogens with zero attached hydrogens (tertiary/aromatic N) is 4. The molecule has 3 aromatic rings. The van der Waals surface area contributed by atoms with Crippen LogP contribution in [0, 0.1) is 20.8 Å². The number of carbonyl (C=O) groups excluding carboxylic acids is 1. The van der Waals surface area contributed by atoms with Crippen LogP contribution in [0.15, 0.2) is 24.3 Å². The van der Waals surface area contributed by atoms with Crippen LogP contribution in [0.2, 0.25) is 0 Å². The molecular formula is C26H32N4O4. The molecule has 0 unspecified atom stereocenters. The van der Waals surface area contributed by atoms with E-state index in [-0.39, 0.29) is 5.91 Å². The van der Waals surface area contributed by atoms with Crippen molar-refractivity contribution in [3.8, 4) is 17.2 Å². The summed E-state index contributed by atoms with van der Waals surface area (Å²) in [6, 6.07) is 5.68. The van der Waals surface area contributed by atoms with E-state index in [1.165, 1.54) is 0 Å². The molecule has 0 saturated heterocycles. The van der Waals surface area contributed by atoms with Crippen molar-refractivity contribution in [3.63, 3.8) is 0 Å². The Morgan fingerprint density at radius 3 is 2.32 bits per heavy atom. The number of rotatable bonds is 7. The van der Waals surface area contributed by atoms with Crippen molar-refractivity contribution in [3.05, 3.63) is 52.5 Å². The lowest BCUT2D eigenvalue weighted by molar-refractivity contribution is -0.130. The molecule has 1 amide bonds. The van der Waals surface area contributed by atoms with Gasteiger partial charge in [-0.3, -0.25) is 4.79 Å². The lowest BCUT2D eigenvalue weighted by atomic mass is 9.96. The third kappa shape index (κ3) is 4.44. The van der Waals surface area contributed by atoms with Crippen LogP contribution in [0.3, 0.4) is 0 Å². The number of amides is 1. The third-order valence-electron chi connectivity index (χ3n) is 6.47. The maximum atomic E-state index is 13.0. The summed E-state index contributed by atoms with van der Waals surface area (Å²) in [6.07, 6.45) is 3.90. The summed E-state index contributed by atoms with van der Waals surface area (Å²) < 4.78 is 18.4. The fourth-order valence-corrected chi connectivity index (χ4v) is 4.64. The van der Waals surface area contributed by atoms with E-state index in [0.29, 0.717) is 43.2 Å². The highest BCUT2D eigenvalue weighted by Gasteiger charge is 2.23. The molecule has 2 aromatic heterocycles. The molecule has 0 atom stereocenters. The highest BCUT2D eigenvalue weighted by molar-refractivity contribution is 5.81. The quantitative estimate of drug-likeness (QED) is 0.527. The first-order chi connectivity index (χ1) is 16.4. The van der Waals surface area contributed by atoms with E-state index in [1.807, 2.05) is 48.4 Å². The molecule has 0 N–H and O–H groups in total. The van der Waals surface area contributed by atoms with Crippen molar-refractivity contribution in [2.45, 2.75) is 40.0 Å². The van der Waals surface area contributed by atoms with Crippen molar-refractivity contribution in [1.82, 2.24) is 19.5 Å². The molecule has 4 rings (SSSR count). The van der Waals surface area contributed by atoms with Crippen molar-refractivity contribution in [1.29, 1.82) is 0 Å². The Kier molecular flexibility index (Phi) is 6.77. The van der Waals surface area contributed by atoms with Crippen molar-refractivity contribution < 1.29 is 19.0 Å². The molecule has 0 aliphatic carbocycles. The highest BCUT2D eigenvalue weighted by atomic mass is 16.5. The molecule has 0 spiro atoms. The lowest BCUT2D eigenvalue weighted by Crippen LogP contribution is -2.35.